The van der Waals surface area contributed by atoms with E-state index in [2.05, 4.69) is 59.7 Å². The van der Waals surface area contributed by atoms with E-state index in [0.717, 1.165) is 71.4 Å². The average Bonchev–Trinajstić information content (AvgIpc) is 2.80. The lowest BCUT2D eigenvalue weighted by atomic mass is 9.45. The van der Waals surface area contributed by atoms with Gasteiger partial charge in [-0.3, -0.25) is 9.98 Å². The third kappa shape index (κ3) is 3.68. The second kappa shape index (κ2) is 8.06. The summed E-state index contributed by atoms with van der Waals surface area (Å²) < 4.78 is 0. The van der Waals surface area contributed by atoms with E-state index in [-0.39, 0.29) is 0 Å². The fourth-order valence-corrected chi connectivity index (χ4v) is 7.87. The first-order valence-corrected chi connectivity index (χ1v) is 13.2. The van der Waals surface area contributed by atoms with Gasteiger partial charge in [-0.15, -0.1) is 0 Å². The smallest absolute Gasteiger partial charge is 0.0845 e. The minimum absolute atomic E-state index is 0.534. The van der Waals surface area contributed by atoms with Crippen molar-refractivity contribution in [2.75, 3.05) is 13.1 Å². The standard InChI is InChI=1S/C29H43N3/c1-18(30-16-20-10-12-22-14-24(20)28(22,3)4)26-8-7-9-27(32-26)19(2)31-17-21-11-13-23-15-25(21)29(23,5)6/h7-9,20-25H,10-17H2,1-6H3/t20-,21-,22-,23-,24-,25-/m1/s1. The molecule has 1 aromatic heterocycles. The predicted molar refractivity (Wildman–Crippen MR) is 135 cm³/mol. The predicted octanol–water partition coefficient (Wildman–Crippen LogP) is 6.84. The first-order valence-electron chi connectivity index (χ1n) is 13.2. The summed E-state index contributed by atoms with van der Waals surface area (Å²) >= 11 is 0. The van der Waals surface area contributed by atoms with E-state index in [1.165, 1.54) is 38.5 Å². The molecule has 1 aromatic rings. The summed E-state index contributed by atoms with van der Waals surface area (Å²) in [6.45, 7) is 16.1. The zero-order chi connectivity index (χ0) is 22.7. The van der Waals surface area contributed by atoms with Crippen LogP contribution in [0.15, 0.2) is 28.2 Å². The Morgan fingerprint density at radius 1 is 0.781 bits per heavy atom. The highest BCUT2D eigenvalue weighted by Crippen LogP contribution is 2.62. The Bertz CT molecular complexity index is 849. The highest BCUT2D eigenvalue weighted by molar-refractivity contribution is 6.00. The molecule has 6 atom stereocenters. The lowest BCUT2D eigenvalue weighted by Gasteiger charge is -2.60. The molecule has 0 radical (unpaired) electrons. The fraction of sp³-hybridized carbons (Fsp3) is 0.759. The summed E-state index contributed by atoms with van der Waals surface area (Å²) in [6.07, 6.45) is 8.35. The minimum atomic E-state index is 0.534. The van der Waals surface area contributed by atoms with Crippen LogP contribution in [0.4, 0.5) is 0 Å². The van der Waals surface area contributed by atoms with E-state index in [1.54, 1.807) is 0 Å². The van der Waals surface area contributed by atoms with Gasteiger partial charge in [-0.25, -0.2) is 4.98 Å². The molecule has 0 unspecified atom stereocenters. The van der Waals surface area contributed by atoms with Gasteiger partial charge in [0, 0.05) is 13.1 Å². The molecule has 0 N–H and O–H groups in total. The van der Waals surface area contributed by atoms with Gasteiger partial charge in [0.25, 0.3) is 0 Å². The van der Waals surface area contributed by atoms with E-state index in [9.17, 15) is 0 Å². The number of fused-ring (bicyclic) bond motifs is 4. The molecule has 3 heteroatoms. The Morgan fingerprint density at radius 2 is 1.22 bits per heavy atom. The first-order chi connectivity index (χ1) is 15.2. The molecule has 0 aliphatic heterocycles. The van der Waals surface area contributed by atoms with Gasteiger partial charge in [0.1, 0.15) is 0 Å². The van der Waals surface area contributed by atoms with Crippen molar-refractivity contribution in [3.8, 4) is 0 Å². The molecule has 4 bridgehead atoms. The summed E-state index contributed by atoms with van der Waals surface area (Å²) in [6, 6.07) is 6.34. The van der Waals surface area contributed by atoms with Crippen LogP contribution in [0.5, 0.6) is 0 Å². The number of hydrogen-bond acceptors (Lipinski definition) is 3. The van der Waals surface area contributed by atoms with Gasteiger partial charge in [0.2, 0.25) is 0 Å². The molecule has 7 rings (SSSR count). The molecule has 6 aliphatic rings. The van der Waals surface area contributed by atoms with Crippen LogP contribution >= 0.6 is 0 Å². The maximum Gasteiger partial charge on any atom is 0.0845 e. The summed E-state index contributed by atoms with van der Waals surface area (Å²) in [4.78, 5) is 15.0. The van der Waals surface area contributed by atoms with Crippen LogP contribution in [0.1, 0.15) is 91.5 Å². The molecule has 174 valence electrons. The Labute approximate surface area is 195 Å². The largest absolute Gasteiger partial charge is 0.288 e. The van der Waals surface area contributed by atoms with Crippen LogP contribution in [-0.4, -0.2) is 29.5 Å². The monoisotopic (exact) mass is 433 g/mol. The van der Waals surface area contributed by atoms with Crippen molar-refractivity contribution in [3.63, 3.8) is 0 Å². The molecule has 6 saturated carbocycles. The number of rotatable bonds is 6. The van der Waals surface area contributed by atoms with Crippen LogP contribution in [0.25, 0.3) is 0 Å². The van der Waals surface area contributed by atoms with Crippen molar-refractivity contribution in [3.05, 3.63) is 29.6 Å². The molecular formula is C29H43N3. The van der Waals surface area contributed by atoms with Crippen molar-refractivity contribution in [2.45, 2.75) is 80.1 Å². The lowest BCUT2D eigenvalue weighted by Crippen LogP contribution is -2.53. The van der Waals surface area contributed by atoms with E-state index in [4.69, 9.17) is 15.0 Å². The topological polar surface area (TPSA) is 37.6 Å². The molecule has 0 amide bonds. The van der Waals surface area contributed by atoms with Crippen molar-refractivity contribution in [2.24, 2.45) is 56.3 Å². The van der Waals surface area contributed by atoms with Gasteiger partial charge in [-0.1, -0.05) is 33.8 Å². The SMILES string of the molecule is CC(=NC[C@H]1CC[C@@H]2C[C@H]1C2(C)C)c1cccc(C(C)=NC[C@H]2CC[C@@H]3C[C@H]2C3(C)C)n1. The van der Waals surface area contributed by atoms with Gasteiger partial charge in [-0.05, 0) is 111 Å². The van der Waals surface area contributed by atoms with Crippen LogP contribution in [-0.2, 0) is 0 Å². The Balaban J connectivity index is 1.23. The van der Waals surface area contributed by atoms with E-state index in [0.29, 0.717) is 10.8 Å². The second-order valence-corrected chi connectivity index (χ2v) is 12.7. The van der Waals surface area contributed by atoms with Crippen molar-refractivity contribution in [1.29, 1.82) is 0 Å². The number of pyridine rings is 1. The number of hydrogen-bond donors (Lipinski definition) is 0. The Morgan fingerprint density at radius 3 is 1.59 bits per heavy atom. The van der Waals surface area contributed by atoms with Crippen LogP contribution in [0, 0.1) is 46.3 Å². The molecule has 0 aromatic carbocycles. The van der Waals surface area contributed by atoms with Crippen molar-refractivity contribution < 1.29 is 0 Å². The van der Waals surface area contributed by atoms with E-state index in [1.807, 2.05) is 0 Å². The molecule has 0 saturated heterocycles. The normalized spacial score (nSPS) is 37.4. The molecule has 6 aliphatic carbocycles. The van der Waals surface area contributed by atoms with Crippen molar-refractivity contribution >= 4 is 11.4 Å². The Hall–Kier alpha value is -1.51. The molecule has 6 fully saturated rings. The van der Waals surface area contributed by atoms with E-state index < -0.39 is 0 Å². The van der Waals surface area contributed by atoms with Crippen LogP contribution in [0.2, 0.25) is 0 Å². The minimum Gasteiger partial charge on any atom is -0.288 e. The molecule has 32 heavy (non-hydrogen) atoms. The zero-order valence-corrected chi connectivity index (χ0v) is 21.2. The maximum absolute atomic E-state index is 5.02. The summed E-state index contributed by atoms with van der Waals surface area (Å²) in [5.41, 5.74) is 5.25. The number of nitrogens with zero attached hydrogens (tertiary/aromatic N) is 3. The van der Waals surface area contributed by atoms with Gasteiger partial charge < -0.3 is 0 Å². The molecule has 0 spiro atoms. The van der Waals surface area contributed by atoms with Crippen LogP contribution in [0.3, 0.4) is 0 Å². The van der Waals surface area contributed by atoms with Crippen molar-refractivity contribution in [1.82, 2.24) is 4.98 Å². The summed E-state index contributed by atoms with van der Waals surface area (Å²) in [5, 5.41) is 0. The van der Waals surface area contributed by atoms with Gasteiger partial charge >= 0.3 is 0 Å². The van der Waals surface area contributed by atoms with Gasteiger partial charge in [0.05, 0.1) is 22.8 Å². The Kier molecular flexibility index (Phi) is 5.62. The third-order valence-corrected chi connectivity index (χ3v) is 10.6. The van der Waals surface area contributed by atoms with Gasteiger partial charge in [0.15, 0.2) is 0 Å². The highest BCUT2D eigenvalue weighted by Gasteiger charge is 2.54. The third-order valence-electron chi connectivity index (χ3n) is 10.6. The molecule has 3 nitrogen and oxygen atoms in total. The van der Waals surface area contributed by atoms with Crippen LogP contribution < -0.4 is 0 Å². The first kappa shape index (κ1) is 22.3. The fourth-order valence-electron chi connectivity index (χ4n) is 7.87. The summed E-state index contributed by atoms with van der Waals surface area (Å²) in [5.74, 6) is 5.15. The second-order valence-electron chi connectivity index (χ2n) is 12.7. The quantitative estimate of drug-likeness (QED) is 0.452. The average molecular weight is 434 g/mol. The maximum atomic E-state index is 5.02. The molecular weight excluding hydrogens is 390 g/mol. The highest BCUT2D eigenvalue weighted by atomic mass is 14.8. The van der Waals surface area contributed by atoms with E-state index >= 15 is 0 Å². The zero-order valence-electron chi connectivity index (χ0n) is 21.2. The lowest BCUT2D eigenvalue weighted by molar-refractivity contribution is -0.101. The molecule has 1 heterocycles. The number of aliphatic imine (C=N–C) groups is 2. The summed E-state index contributed by atoms with van der Waals surface area (Å²) in [7, 11) is 0. The number of aromatic nitrogens is 1. The van der Waals surface area contributed by atoms with Gasteiger partial charge in [-0.2, -0.15) is 0 Å².